The number of nitrogens with two attached hydrogens (primary N) is 1. The molecule has 102 valence electrons. The highest BCUT2D eigenvalue weighted by Gasteiger charge is 2.24. The number of nitrogens with zero attached hydrogens (tertiary/aromatic N) is 2. The molecule has 0 radical (unpaired) electrons. The average Bonchev–Trinajstić information content (AvgIpc) is 2.84. The van der Waals surface area contributed by atoms with Crippen LogP contribution in [0.1, 0.15) is 12.6 Å². The highest BCUT2D eigenvalue weighted by atomic mass is 35.5. The van der Waals surface area contributed by atoms with E-state index in [0.717, 1.165) is 4.88 Å². The minimum atomic E-state index is -1.19. The number of hydrogen-bond acceptors (Lipinski definition) is 6. The van der Waals surface area contributed by atoms with Crippen molar-refractivity contribution in [1.82, 2.24) is 9.97 Å². The Morgan fingerprint density at radius 1 is 1.53 bits per heavy atom. The van der Waals surface area contributed by atoms with Crippen LogP contribution in [-0.4, -0.2) is 28.7 Å². The molecule has 0 saturated carbocycles. The lowest BCUT2D eigenvalue weighted by Crippen LogP contribution is -2.32. The van der Waals surface area contributed by atoms with Crippen LogP contribution in [0, 0.1) is 0 Å². The number of halogens is 1. The third-order valence-corrected chi connectivity index (χ3v) is 3.86. The smallest absolute Gasteiger partial charge is 0.184 e. The van der Waals surface area contributed by atoms with Crippen molar-refractivity contribution in [3.63, 3.8) is 0 Å². The van der Waals surface area contributed by atoms with Crippen LogP contribution in [0.25, 0.3) is 10.6 Å². The van der Waals surface area contributed by atoms with Crippen LogP contribution in [-0.2, 0) is 5.60 Å². The Kier molecular flexibility index (Phi) is 4.05. The van der Waals surface area contributed by atoms with E-state index in [2.05, 4.69) is 9.97 Å². The van der Waals surface area contributed by atoms with Gasteiger partial charge in [0.1, 0.15) is 17.0 Å². The van der Waals surface area contributed by atoms with Gasteiger partial charge in [-0.15, -0.1) is 11.3 Å². The topological polar surface area (TPSA) is 81.3 Å². The molecule has 2 rings (SSSR count). The van der Waals surface area contributed by atoms with Crippen molar-refractivity contribution in [2.45, 2.75) is 12.5 Å². The SMILES string of the molecule is COc1ccc(C(C)(O)CN)nc1-c1cnc(Cl)s1. The second-order valence-corrected chi connectivity index (χ2v) is 5.82. The van der Waals surface area contributed by atoms with Gasteiger partial charge in [0.25, 0.3) is 0 Å². The maximum absolute atomic E-state index is 10.2. The molecule has 0 amide bonds. The molecule has 0 fully saturated rings. The molecule has 0 aromatic carbocycles. The van der Waals surface area contributed by atoms with E-state index < -0.39 is 5.60 Å². The molecule has 2 aromatic rings. The third-order valence-electron chi connectivity index (χ3n) is 2.74. The Hall–Kier alpha value is -1.21. The summed E-state index contributed by atoms with van der Waals surface area (Å²) in [6.45, 7) is 1.69. The van der Waals surface area contributed by atoms with Gasteiger partial charge in [-0.3, -0.25) is 0 Å². The van der Waals surface area contributed by atoms with Gasteiger partial charge in [0.2, 0.25) is 0 Å². The van der Waals surface area contributed by atoms with Gasteiger partial charge in [-0.05, 0) is 19.1 Å². The fourth-order valence-corrected chi connectivity index (χ4v) is 2.49. The van der Waals surface area contributed by atoms with E-state index in [4.69, 9.17) is 22.1 Å². The Balaban J connectivity index is 2.54. The van der Waals surface area contributed by atoms with Gasteiger partial charge in [-0.2, -0.15) is 0 Å². The van der Waals surface area contributed by atoms with Crippen LogP contribution < -0.4 is 10.5 Å². The zero-order valence-corrected chi connectivity index (χ0v) is 12.1. The normalized spacial score (nSPS) is 14.2. The number of aliphatic hydroxyl groups is 1. The Morgan fingerprint density at radius 2 is 2.26 bits per heavy atom. The van der Waals surface area contributed by atoms with E-state index in [-0.39, 0.29) is 6.54 Å². The van der Waals surface area contributed by atoms with Gasteiger partial charge < -0.3 is 15.6 Å². The summed E-state index contributed by atoms with van der Waals surface area (Å²) in [4.78, 5) is 9.18. The van der Waals surface area contributed by atoms with E-state index in [0.29, 0.717) is 21.6 Å². The summed E-state index contributed by atoms with van der Waals surface area (Å²) < 4.78 is 5.70. The first-order valence-electron chi connectivity index (χ1n) is 5.57. The molecule has 2 aromatic heterocycles. The first kappa shape index (κ1) is 14.2. The number of methoxy groups -OCH3 is 1. The van der Waals surface area contributed by atoms with E-state index in [1.807, 2.05) is 0 Å². The predicted molar refractivity (Wildman–Crippen MR) is 75.5 cm³/mol. The maximum atomic E-state index is 10.2. The van der Waals surface area contributed by atoms with Crippen molar-refractivity contribution < 1.29 is 9.84 Å². The van der Waals surface area contributed by atoms with Crippen LogP contribution in [0.15, 0.2) is 18.3 Å². The van der Waals surface area contributed by atoms with Crippen LogP contribution in [0.4, 0.5) is 0 Å². The average molecular weight is 300 g/mol. The summed E-state index contributed by atoms with van der Waals surface area (Å²) in [5.74, 6) is 0.594. The van der Waals surface area contributed by atoms with Crippen LogP contribution >= 0.6 is 22.9 Å². The lowest BCUT2D eigenvalue weighted by Gasteiger charge is -2.21. The first-order chi connectivity index (χ1) is 8.97. The van der Waals surface area contributed by atoms with Gasteiger partial charge in [-0.1, -0.05) is 11.6 Å². The fraction of sp³-hybridized carbons (Fsp3) is 0.333. The van der Waals surface area contributed by atoms with Crippen molar-refractivity contribution in [3.8, 4) is 16.3 Å². The van der Waals surface area contributed by atoms with Crippen molar-refractivity contribution >= 4 is 22.9 Å². The summed E-state index contributed by atoms with van der Waals surface area (Å²) in [6, 6.07) is 3.44. The molecule has 2 heterocycles. The monoisotopic (exact) mass is 299 g/mol. The molecule has 5 nitrogen and oxygen atoms in total. The van der Waals surface area contributed by atoms with Crippen LogP contribution in [0.5, 0.6) is 5.75 Å². The second kappa shape index (κ2) is 5.42. The van der Waals surface area contributed by atoms with Crippen molar-refractivity contribution in [1.29, 1.82) is 0 Å². The number of thiazole rings is 1. The zero-order chi connectivity index (χ0) is 14.0. The van der Waals surface area contributed by atoms with Crippen LogP contribution in [0.3, 0.4) is 0 Å². The minimum Gasteiger partial charge on any atom is -0.494 e. The summed E-state index contributed by atoms with van der Waals surface area (Å²) in [6.07, 6.45) is 1.62. The molecular formula is C12H14ClN3O2S. The number of rotatable bonds is 4. The highest BCUT2D eigenvalue weighted by molar-refractivity contribution is 7.18. The van der Waals surface area contributed by atoms with Gasteiger partial charge in [0.05, 0.1) is 17.7 Å². The fourth-order valence-electron chi connectivity index (χ4n) is 1.55. The number of aromatic nitrogens is 2. The van der Waals surface area contributed by atoms with Crippen molar-refractivity contribution in [3.05, 3.63) is 28.5 Å². The molecule has 19 heavy (non-hydrogen) atoms. The van der Waals surface area contributed by atoms with E-state index in [1.54, 1.807) is 32.4 Å². The lowest BCUT2D eigenvalue weighted by atomic mass is 10.0. The van der Waals surface area contributed by atoms with Gasteiger partial charge in [0.15, 0.2) is 4.47 Å². The molecule has 0 aliphatic carbocycles. The molecule has 0 aliphatic rings. The minimum absolute atomic E-state index is 0.0786. The molecule has 0 bridgehead atoms. The van der Waals surface area contributed by atoms with Gasteiger partial charge >= 0.3 is 0 Å². The predicted octanol–water partition coefficient (Wildman–Crippen LogP) is 2.03. The largest absolute Gasteiger partial charge is 0.494 e. The summed E-state index contributed by atoms with van der Waals surface area (Å²) in [5.41, 5.74) is 5.44. The van der Waals surface area contributed by atoms with Gasteiger partial charge in [0, 0.05) is 12.7 Å². The molecule has 0 saturated heterocycles. The Labute approximate surface area is 120 Å². The molecular weight excluding hydrogens is 286 g/mol. The Bertz CT molecular complexity index is 586. The van der Waals surface area contributed by atoms with E-state index in [1.165, 1.54) is 11.3 Å². The summed E-state index contributed by atoms with van der Waals surface area (Å²) in [5, 5.41) is 10.2. The number of hydrogen-bond donors (Lipinski definition) is 2. The standard InChI is InChI=1S/C12H14ClN3O2S/c1-12(17,6-14)9-4-3-7(18-2)10(16-9)8-5-15-11(13)19-8/h3-5,17H,6,14H2,1-2H3. The molecule has 0 aliphatic heterocycles. The lowest BCUT2D eigenvalue weighted by molar-refractivity contribution is 0.0622. The molecule has 1 unspecified atom stereocenters. The van der Waals surface area contributed by atoms with Crippen molar-refractivity contribution in [2.75, 3.05) is 13.7 Å². The molecule has 7 heteroatoms. The summed E-state index contributed by atoms with van der Waals surface area (Å²) in [7, 11) is 1.56. The number of ether oxygens (including phenoxy) is 1. The summed E-state index contributed by atoms with van der Waals surface area (Å²) >= 11 is 7.13. The Morgan fingerprint density at radius 3 is 2.79 bits per heavy atom. The van der Waals surface area contributed by atoms with E-state index >= 15 is 0 Å². The first-order valence-corrected chi connectivity index (χ1v) is 6.77. The highest BCUT2D eigenvalue weighted by Crippen LogP contribution is 2.35. The molecule has 0 spiro atoms. The number of pyridine rings is 1. The third kappa shape index (κ3) is 2.87. The molecule has 1 atom stereocenters. The maximum Gasteiger partial charge on any atom is 0.184 e. The quantitative estimate of drug-likeness (QED) is 0.903. The zero-order valence-electron chi connectivity index (χ0n) is 10.6. The van der Waals surface area contributed by atoms with Crippen LogP contribution in [0.2, 0.25) is 4.47 Å². The second-order valence-electron chi connectivity index (χ2n) is 4.20. The van der Waals surface area contributed by atoms with E-state index in [9.17, 15) is 5.11 Å². The molecule has 3 N–H and O–H groups in total. The van der Waals surface area contributed by atoms with Gasteiger partial charge in [-0.25, -0.2) is 9.97 Å². The van der Waals surface area contributed by atoms with Crippen molar-refractivity contribution in [2.24, 2.45) is 5.73 Å².